The van der Waals surface area contributed by atoms with E-state index >= 15 is 0 Å². The average Bonchev–Trinajstić information content (AvgIpc) is 2.79. The minimum Gasteiger partial charge on any atom is -0.479 e. The van der Waals surface area contributed by atoms with Gasteiger partial charge in [-0.15, -0.1) is 11.3 Å². The molecule has 0 saturated carbocycles. The zero-order valence-electron chi connectivity index (χ0n) is 12.5. The summed E-state index contributed by atoms with van der Waals surface area (Å²) in [6, 6.07) is 0. The standard InChI is InChI=1S/C12H15N3O7S/c1-12(2,3)22-11(20)14-10-13-6(5-23-10)8(9(18)19)15-21-4-7(16)17/h5H,4H2,1-3H3,(H,16,17)(H,18,19)(H,13,14,20). The number of anilines is 1. The Bertz CT molecular complexity index is 633. The summed E-state index contributed by atoms with van der Waals surface area (Å²) >= 11 is 0.950. The molecule has 0 radical (unpaired) electrons. The number of carboxylic acids is 2. The number of ether oxygens (including phenoxy) is 1. The molecule has 0 fully saturated rings. The summed E-state index contributed by atoms with van der Waals surface area (Å²) < 4.78 is 5.03. The van der Waals surface area contributed by atoms with Crippen LogP contribution in [0.5, 0.6) is 0 Å². The van der Waals surface area contributed by atoms with Crippen LogP contribution < -0.4 is 5.32 Å². The molecule has 0 unspecified atom stereocenters. The Hall–Kier alpha value is -2.69. The van der Waals surface area contributed by atoms with E-state index in [4.69, 9.17) is 14.9 Å². The molecule has 0 bridgehead atoms. The van der Waals surface area contributed by atoms with Gasteiger partial charge in [0.15, 0.2) is 5.13 Å². The van der Waals surface area contributed by atoms with Gasteiger partial charge in [0.1, 0.15) is 11.3 Å². The highest BCUT2D eigenvalue weighted by atomic mass is 32.1. The van der Waals surface area contributed by atoms with Gasteiger partial charge in [0.05, 0.1) is 0 Å². The Morgan fingerprint density at radius 2 is 2.00 bits per heavy atom. The molecular formula is C12H15N3O7S. The predicted molar refractivity (Wildman–Crippen MR) is 79.7 cm³/mol. The van der Waals surface area contributed by atoms with Gasteiger partial charge in [0, 0.05) is 5.38 Å². The Balaban J connectivity index is 2.81. The summed E-state index contributed by atoms with van der Waals surface area (Å²) in [7, 11) is 0. The summed E-state index contributed by atoms with van der Waals surface area (Å²) in [5.41, 5.74) is -1.36. The molecule has 0 aliphatic heterocycles. The topological polar surface area (TPSA) is 147 Å². The quantitative estimate of drug-likeness (QED) is 0.517. The van der Waals surface area contributed by atoms with Crippen molar-refractivity contribution in [2.75, 3.05) is 11.9 Å². The van der Waals surface area contributed by atoms with Gasteiger partial charge in [-0.05, 0) is 20.8 Å². The first kappa shape index (κ1) is 18.4. The molecule has 0 aliphatic carbocycles. The van der Waals surface area contributed by atoms with Crippen LogP contribution in [-0.2, 0) is 19.2 Å². The van der Waals surface area contributed by atoms with Gasteiger partial charge in [-0.1, -0.05) is 5.16 Å². The SMILES string of the molecule is CC(C)(C)OC(=O)Nc1nc(C(=NOCC(=O)O)C(=O)O)cs1. The summed E-state index contributed by atoms with van der Waals surface area (Å²) in [5, 5.41) is 24.4. The molecule has 0 aromatic carbocycles. The maximum atomic E-state index is 11.6. The number of aromatic nitrogens is 1. The van der Waals surface area contributed by atoms with E-state index < -0.39 is 36.0 Å². The number of carboxylic acid groups (broad SMARTS) is 2. The lowest BCUT2D eigenvalue weighted by molar-refractivity contribution is -0.142. The molecule has 0 aliphatic rings. The number of thiazole rings is 1. The third-order valence-electron chi connectivity index (χ3n) is 1.90. The predicted octanol–water partition coefficient (Wildman–Crippen LogP) is 1.38. The minimum absolute atomic E-state index is 0.0843. The van der Waals surface area contributed by atoms with Gasteiger partial charge in [-0.3, -0.25) is 5.32 Å². The first-order valence-electron chi connectivity index (χ1n) is 6.19. The highest BCUT2D eigenvalue weighted by molar-refractivity contribution is 7.14. The summed E-state index contributed by atoms with van der Waals surface area (Å²) in [6.45, 7) is 4.28. The lowest BCUT2D eigenvalue weighted by Crippen LogP contribution is -2.27. The number of nitrogens with one attached hydrogen (secondary N) is 1. The van der Waals surface area contributed by atoms with Gasteiger partial charge in [0.2, 0.25) is 12.3 Å². The summed E-state index contributed by atoms with van der Waals surface area (Å²) in [6.07, 6.45) is -0.741. The van der Waals surface area contributed by atoms with E-state index in [0.717, 1.165) is 11.3 Å². The maximum absolute atomic E-state index is 11.6. The van der Waals surface area contributed by atoms with Crippen molar-refractivity contribution in [3.63, 3.8) is 0 Å². The molecule has 126 valence electrons. The van der Waals surface area contributed by atoms with Gasteiger partial charge >= 0.3 is 18.0 Å². The van der Waals surface area contributed by atoms with E-state index in [2.05, 4.69) is 20.3 Å². The number of carbonyl (C=O) groups excluding carboxylic acids is 1. The zero-order valence-corrected chi connectivity index (χ0v) is 13.3. The molecule has 1 rings (SSSR count). The van der Waals surface area contributed by atoms with Crippen LogP contribution in [-0.4, -0.2) is 51.1 Å². The van der Waals surface area contributed by atoms with Crippen molar-refractivity contribution in [2.45, 2.75) is 26.4 Å². The van der Waals surface area contributed by atoms with E-state index in [1.54, 1.807) is 20.8 Å². The fourth-order valence-corrected chi connectivity index (χ4v) is 1.86. The van der Waals surface area contributed by atoms with Crippen molar-refractivity contribution in [3.05, 3.63) is 11.1 Å². The molecule has 11 heteroatoms. The van der Waals surface area contributed by atoms with E-state index in [-0.39, 0.29) is 10.8 Å². The van der Waals surface area contributed by atoms with Gasteiger partial charge < -0.3 is 19.8 Å². The van der Waals surface area contributed by atoms with Crippen LogP contribution in [0.4, 0.5) is 9.93 Å². The number of nitrogens with zero attached hydrogens (tertiary/aromatic N) is 2. The number of oxime groups is 1. The van der Waals surface area contributed by atoms with Crippen LogP contribution in [0.1, 0.15) is 26.5 Å². The summed E-state index contributed by atoms with van der Waals surface area (Å²) in [5.74, 6) is -2.76. The Labute approximate surface area is 134 Å². The van der Waals surface area contributed by atoms with E-state index in [9.17, 15) is 14.4 Å². The van der Waals surface area contributed by atoms with Crippen LogP contribution in [0.3, 0.4) is 0 Å². The second-order valence-corrected chi connectivity index (χ2v) is 5.94. The lowest BCUT2D eigenvalue weighted by atomic mass is 10.2. The maximum Gasteiger partial charge on any atom is 0.413 e. The molecular weight excluding hydrogens is 330 g/mol. The number of hydrogen-bond acceptors (Lipinski definition) is 8. The van der Waals surface area contributed by atoms with Gasteiger partial charge in [0.25, 0.3) is 0 Å². The number of carbonyl (C=O) groups is 3. The molecule has 23 heavy (non-hydrogen) atoms. The van der Waals surface area contributed by atoms with Crippen LogP contribution in [0.15, 0.2) is 10.5 Å². The molecule has 1 aromatic heterocycles. The average molecular weight is 345 g/mol. The fraction of sp³-hybridized carbons (Fsp3) is 0.417. The Kier molecular flexibility index (Phi) is 6.02. The molecule has 0 saturated heterocycles. The lowest BCUT2D eigenvalue weighted by Gasteiger charge is -2.18. The largest absolute Gasteiger partial charge is 0.479 e. The minimum atomic E-state index is -1.45. The van der Waals surface area contributed by atoms with Crippen molar-refractivity contribution in [1.29, 1.82) is 0 Å². The Morgan fingerprint density at radius 1 is 1.35 bits per heavy atom. The molecule has 0 spiro atoms. The first-order valence-corrected chi connectivity index (χ1v) is 7.07. The molecule has 0 atom stereocenters. The molecule has 1 amide bonds. The molecule has 3 N–H and O–H groups in total. The number of hydrogen-bond donors (Lipinski definition) is 3. The van der Waals surface area contributed by atoms with Crippen LogP contribution in [0, 0.1) is 0 Å². The third kappa shape index (κ3) is 6.74. The van der Waals surface area contributed by atoms with Crippen molar-refractivity contribution >= 4 is 40.2 Å². The van der Waals surface area contributed by atoms with Gasteiger partial charge in [-0.2, -0.15) is 0 Å². The van der Waals surface area contributed by atoms with Crippen molar-refractivity contribution < 1.29 is 34.2 Å². The molecule has 1 heterocycles. The highest BCUT2D eigenvalue weighted by Crippen LogP contribution is 2.18. The normalized spacial score (nSPS) is 11.7. The fourth-order valence-electron chi connectivity index (χ4n) is 1.18. The van der Waals surface area contributed by atoms with Gasteiger partial charge in [-0.25, -0.2) is 19.4 Å². The zero-order chi connectivity index (χ0) is 17.6. The summed E-state index contributed by atoms with van der Waals surface area (Å²) in [4.78, 5) is 41.2. The smallest absolute Gasteiger partial charge is 0.413 e. The second kappa shape index (κ2) is 7.54. The van der Waals surface area contributed by atoms with E-state index in [1.165, 1.54) is 5.38 Å². The van der Waals surface area contributed by atoms with Crippen LogP contribution in [0.2, 0.25) is 0 Å². The van der Waals surface area contributed by atoms with Crippen LogP contribution >= 0.6 is 11.3 Å². The van der Waals surface area contributed by atoms with Crippen molar-refractivity contribution in [2.24, 2.45) is 5.16 Å². The number of amides is 1. The monoisotopic (exact) mass is 345 g/mol. The van der Waals surface area contributed by atoms with E-state index in [0.29, 0.717) is 0 Å². The van der Waals surface area contributed by atoms with Crippen LogP contribution in [0.25, 0.3) is 0 Å². The third-order valence-corrected chi connectivity index (χ3v) is 2.66. The highest BCUT2D eigenvalue weighted by Gasteiger charge is 2.20. The first-order chi connectivity index (χ1) is 10.6. The number of aliphatic carboxylic acids is 2. The second-order valence-electron chi connectivity index (χ2n) is 5.08. The molecule has 10 nitrogen and oxygen atoms in total. The Morgan fingerprint density at radius 3 is 2.52 bits per heavy atom. The van der Waals surface area contributed by atoms with E-state index in [1.807, 2.05) is 0 Å². The van der Waals surface area contributed by atoms with Crippen molar-refractivity contribution in [1.82, 2.24) is 4.98 Å². The van der Waals surface area contributed by atoms with Crippen molar-refractivity contribution in [3.8, 4) is 0 Å². The molecule has 1 aromatic rings. The number of rotatable bonds is 6.